The van der Waals surface area contributed by atoms with Crippen LogP contribution in [0, 0.1) is 0 Å². The fraction of sp³-hybridized carbons (Fsp3) is 0.211. The Balaban J connectivity index is 1.77. The van der Waals surface area contributed by atoms with Gasteiger partial charge in [0.15, 0.2) is 0 Å². The molecule has 1 atom stereocenters. The standard InChI is InChI=1S/C19H18BrN3O2/c1-2-12-3-5-13(6-4-12)16-11-17(24)22-19(21-16)23-18(25)14-7-9-15(20)10-8-14/h3-10,16H,2,11H2,1H3,(H2,21,22,23,24,25). The summed E-state index contributed by atoms with van der Waals surface area (Å²) < 4.78 is 0.892. The molecule has 1 heterocycles. The van der Waals surface area contributed by atoms with Crippen molar-refractivity contribution in [2.75, 3.05) is 0 Å². The van der Waals surface area contributed by atoms with Crippen molar-refractivity contribution in [3.63, 3.8) is 0 Å². The monoisotopic (exact) mass is 399 g/mol. The molecule has 0 saturated heterocycles. The van der Waals surface area contributed by atoms with E-state index in [0.717, 1.165) is 16.5 Å². The van der Waals surface area contributed by atoms with Gasteiger partial charge in [-0.15, -0.1) is 0 Å². The molecule has 0 saturated carbocycles. The molecule has 1 unspecified atom stereocenters. The third kappa shape index (κ3) is 4.33. The highest BCUT2D eigenvalue weighted by molar-refractivity contribution is 9.10. The van der Waals surface area contributed by atoms with Crippen molar-refractivity contribution in [2.24, 2.45) is 4.99 Å². The maximum absolute atomic E-state index is 12.3. The predicted octanol–water partition coefficient (Wildman–Crippen LogP) is 3.36. The first-order chi connectivity index (χ1) is 12.0. The molecule has 1 aliphatic heterocycles. The summed E-state index contributed by atoms with van der Waals surface area (Å²) in [7, 11) is 0. The molecule has 0 aliphatic carbocycles. The first kappa shape index (κ1) is 17.4. The molecule has 0 aromatic heterocycles. The second kappa shape index (κ2) is 7.61. The Kier molecular flexibility index (Phi) is 5.28. The molecule has 3 rings (SSSR count). The van der Waals surface area contributed by atoms with E-state index < -0.39 is 0 Å². The molecule has 2 amide bonds. The van der Waals surface area contributed by atoms with Crippen LogP contribution in [0.3, 0.4) is 0 Å². The molecule has 5 nitrogen and oxygen atoms in total. The highest BCUT2D eigenvalue weighted by Crippen LogP contribution is 2.24. The van der Waals surface area contributed by atoms with E-state index in [1.807, 2.05) is 24.3 Å². The van der Waals surface area contributed by atoms with Crippen LogP contribution >= 0.6 is 15.9 Å². The number of aryl methyl sites for hydroxylation is 1. The van der Waals surface area contributed by atoms with Crippen molar-refractivity contribution < 1.29 is 9.59 Å². The minimum Gasteiger partial charge on any atom is -0.296 e. The smallest absolute Gasteiger partial charge is 0.257 e. The summed E-state index contributed by atoms with van der Waals surface area (Å²) in [5, 5.41) is 5.29. The van der Waals surface area contributed by atoms with Crippen molar-refractivity contribution in [3.8, 4) is 0 Å². The van der Waals surface area contributed by atoms with E-state index in [-0.39, 0.29) is 30.2 Å². The van der Waals surface area contributed by atoms with Gasteiger partial charge in [0.1, 0.15) is 0 Å². The van der Waals surface area contributed by atoms with Crippen LogP contribution in [0.5, 0.6) is 0 Å². The number of hydrogen-bond donors (Lipinski definition) is 2. The van der Waals surface area contributed by atoms with Crippen LogP contribution in [0.4, 0.5) is 0 Å². The Labute approximate surface area is 154 Å². The van der Waals surface area contributed by atoms with Gasteiger partial charge in [0.05, 0.1) is 12.5 Å². The molecule has 0 bridgehead atoms. The molecule has 6 heteroatoms. The molecule has 1 aliphatic rings. The predicted molar refractivity (Wildman–Crippen MR) is 100 cm³/mol. The van der Waals surface area contributed by atoms with E-state index in [4.69, 9.17) is 0 Å². The van der Waals surface area contributed by atoms with Gasteiger partial charge < -0.3 is 0 Å². The summed E-state index contributed by atoms with van der Waals surface area (Å²) in [5.74, 6) is -0.284. The molecular formula is C19H18BrN3O2. The molecule has 25 heavy (non-hydrogen) atoms. The SMILES string of the molecule is CCc1ccc(C2CC(=O)NC(NC(=O)c3ccc(Br)cc3)=N2)cc1. The van der Waals surface area contributed by atoms with Gasteiger partial charge in [0.25, 0.3) is 5.91 Å². The van der Waals surface area contributed by atoms with Crippen molar-refractivity contribution in [3.05, 3.63) is 69.7 Å². The second-order valence-corrected chi connectivity index (χ2v) is 6.72. The number of carbonyl (C=O) groups is 2. The molecule has 2 N–H and O–H groups in total. The fourth-order valence-electron chi connectivity index (χ4n) is 2.60. The molecule has 0 fully saturated rings. The Bertz CT molecular complexity index is 814. The van der Waals surface area contributed by atoms with Crippen LogP contribution in [0.1, 0.15) is 40.9 Å². The Morgan fingerprint density at radius 3 is 2.52 bits per heavy atom. The number of benzene rings is 2. The zero-order chi connectivity index (χ0) is 17.8. The van der Waals surface area contributed by atoms with E-state index in [0.29, 0.717) is 5.56 Å². The van der Waals surface area contributed by atoms with E-state index >= 15 is 0 Å². The van der Waals surface area contributed by atoms with Crippen LogP contribution in [0.2, 0.25) is 0 Å². The van der Waals surface area contributed by atoms with Crippen molar-refractivity contribution in [2.45, 2.75) is 25.8 Å². The summed E-state index contributed by atoms with van der Waals surface area (Å²) in [6.45, 7) is 2.09. The van der Waals surface area contributed by atoms with E-state index in [1.165, 1.54) is 5.56 Å². The van der Waals surface area contributed by atoms with Gasteiger partial charge in [0, 0.05) is 10.0 Å². The zero-order valence-corrected chi connectivity index (χ0v) is 15.3. The fourth-order valence-corrected chi connectivity index (χ4v) is 2.87. The van der Waals surface area contributed by atoms with Gasteiger partial charge in [-0.05, 0) is 41.8 Å². The molecule has 2 aromatic rings. The number of aliphatic imine (C=N–C) groups is 1. The highest BCUT2D eigenvalue weighted by Gasteiger charge is 2.23. The number of hydrogen-bond acceptors (Lipinski definition) is 3. The third-order valence-corrected chi connectivity index (χ3v) is 4.56. The summed E-state index contributed by atoms with van der Waals surface area (Å²) >= 11 is 3.33. The Morgan fingerprint density at radius 1 is 1.20 bits per heavy atom. The summed E-state index contributed by atoms with van der Waals surface area (Å²) in [6, 6.07) is 14.7. The van der Waals surface area contributed by atoms with Gasteiger partial charge in [-0.25, -0.2) is 4.99 Å². The maximum atomic E-state index is 12.3. The van der Waals surface area contributed by atoms with Gasteiger partial charge >= 0.3 is 0 Å². The van der Waals surface area contributed by atoms with Crippen LogP contribution in [-0.4, -0.2) is 17.8 Å². The van der Waals surface area contributed by atoms with Gasteiger partial charge in [-0.2, -0.15) is 0 Å². The topological polar surface area (TPSA) is 70.6 Å². The Morgan fingerprint density at radius 2 is 1.88 bits per heavy atom. The number of amides is 2. The summed E-state index contributed by atoms with van der Waals surface area (Å²) in [4.78, 5) is 28.8. The number of rotatable bonds is 3. The minimum absolute atomic E-state index is 0.161. The average molecular weight is 400 g/mol. The van der Waals surface area contributed by atoms with Crippen molar-refractivity contribution in [1.29, 1.82) is 0 Å². The zero-order valence-electron chi connectivity index (χ0n) is 13.8. The van der Waals surface area contributed by atoms with Gasteiger partial charge in [-0.3, -0.25) is 20.2 Å². The first-order valence-corrected chi connectivity index (χ1v) is 8.88. The van der Waals surface area contributed by atoms with Crippen LogP contribution < -0.4 is 10.6 Å². The lowest BCUT2D eigenvalue weighted by Gasteiger charge is -2.21. The minimum atomic E-state index is -0.312. The normalized spacial score (nSPS) is 16.8. The third-order valence-electron chi connectivity index (χ3n) is 4.03. The molecule has 0 radical (unpaired) electrons. The number of nitrogens with one attached hydrogen (secondary N) is 2. The average Bonchev–Trinajstić information content (AvgIpc) is 2.62. The van der Waals surface area contributed by atoms with Gasteiger partial charge in [0.2, 0.25) is 11.9 Å². The molecule has 0 spiro atoms. The van der Waals surface area contributed by atoms with Crippen LogP contribution in [0.25, 0.3) is 0 Å². The number of carbonyl (C=O) groups excluding carboxylic acids is 2. The number of nitrogens with zero attached hydrogens (tertiary/aromatic N) is 1. The Hall–Kier alpha value is -2.47. The molecular weight excluding hydrogens is 382 g/mol. The molecule has 128 valence electrons. The maximum Gasteiger partial charge on any atom is 0.257 e. The van der Waals surface area contributed by atoms with Crippen LogP contribution in [0.15, 0.2) is 58.0 Å². The van der Waals surface area contributed by atoms with Crippen LogP contribution in [-0.2, 0) is 11.2 Å². The second-order valence-electron chi connectivity index (χ2n) is 5.80. The van der Waals surface area contributed by atoms with Crippen molar-refractivity contribution >= 4 is 33.7 Å². The highest BCUT2D eigenvalue weighted by atomic mass is 79.9. The number of guanidine groups is 1. The van der Waals surface area contributed by atoms with Crippen molar-refractivity contribution in [1.82, 2.24) is 10.6 Å². The number of halogens is 1. The lowest BCUT2D eigenvalue weighted by Crippen LogP contribution is -2.47. The lowest BCUT2D eigenvalue weighted by molar-refractivity contribution is -0.120. The largest absolute Gasteiger partial charge is 0.296 e. The molecule has 2 aromatic carbocycles. The first-order valence-electron chi connectivity index (χ1n) is 8.08. The summed E-state index contributed by atoms with van der Waals surface area (Å²) in [5.41, 5.74) is 2.69. The van der Waals surface area contributed by atoms with E-state index in [1.54, 1.807) is 24.3 Å². The van der Waals surface area contributed by atoms with E-state index in [2.05, 4.69) is 38.5 Å². The quantitative estimate of drug-likeness (QED) is 0.830. The lowest BCUT2D eigenvalue weighted by atomic mass is 10.0. The summed E-state index contributed by atoms with van der Waals surface area (Å²) in [6.07, 6.45) is 1.23. The van der Waals surface area contributed by atoms with Gasteiger partial charge in [-0.1, -0.05) is 47.1 Å². The van der Waals surface area contributed by atoms with E-state index in [9.17, 15) is 9.59 Å².